The zero-order valence-corrected chi connectivity index (χ0v) is 11.5. The number of nitrogens with one attached hydrogen (secondary N) is 1. The maximum absolute atomic E-state index is 12.5. The lowest BCUT2D eigenvalue weighted by atomic mass is 9.86. The molecule has 2 aliphatic rings. The molecule has 8 heteroatoms. The molecular weight excluding hydrogens is 282 g/mol. The molecule has 0 aliphatic carbocycles. The van der Waals surface area contributed by atoms with E-state index in [9.17, 15) is 18.5 Å². The molecule has 0 radical (unpaired) electrons. The van der Waals surface area contributed by atoms with E-state index in [1.165, 1.54) is 28.6 Å². The Hall–Kier alpha value is -1.51. The number of non-ortho nitro benzene ring substituents is 1. The molecule has 0 bridgehead atoms. The van der Waals surface area contributed by atoms with Crippen LogP contribution in [0.3, 0.4) is 0 Å². The maximum atomic E-state index is 12.5. The highest BCUT2D eigenvalue weighted by atomic mass is 32.2. The average molecular weight is 297 g/mol. The number of nitro benzene ring substituents is 1. The fraction of sp³-hybridized carbons (Fsp3) is 0.500. The number of sulfonamides is 1. The average Bonchev–Trinajstić information content (AvgIpc) is 2.40. The van der Waals surface area contributed by atoms with Gasteiger partial charge >= 0.3 is 0 Å². The van der Waals surface area contributed by atoms with Crippen molar-refractivity contribution in [3.05, 3.63) is 34.4 Å². The van der Waals surface area contributed by atoms with E-state index in [4.69, 9.17) is 0 Å². The van der Waals surface area contributed by atoms with Crippen LogP contribution in [0.2, 0.25) is 0 Å². The Kier molecular flexibility index (Phi) is 3.23. The van der Waals surface area contributed by atoms with Crippen molar-refractivity contribution < 1.29 is 13.3 Å². The monoisotopic (exact) mass is 297 g/mol. The second kappa shape index (κ2) is 4.80. The molecule has 3 rings (SSSR count). The predicted octanol–water partition coefficient (Wildman–Crippen LogP) is 0.577. The van der Waals surface area contributed by atoms with Crippen LogP contribution < -0.4 is 5.32 Å². The van der Waals surface area contributed by atoms with E-state index in [1.807, 2.05) is 0 Å². The fourth-order valence-corrected chi connectivity index (χ4v) is 4.57. The molecule has 1 aromatic carbocycles. The van der Waals surface area contributed by atoms with Gasteiger partial charge < -0.3 is 5.32 Å². The summed E-state index contributed by atoms with van der Waals surface area (Å²) in [5, 5.41) is 13.8. The second-order valence-electron chi connectivity index (χ2n) is 5.15. The van der Waals surface area contributed by atoms with Gasteiger partial charge in [-0.1, -0.05) is 0 Å². The van der Waals surface area contributed by atoms with Gasteiger partial charge in [0.05, 0.1) is 9.82 Å². The maximum Gasteiger partial charge on any atom is 0.269 e. The Labute approximate surface area is 116 Å². The lowest BCUT2D eigenvalue weighted by Crippen LogP contribution is -2.64. The lowest BCUT2D eigenvalue weighted by Gasteiger charge is -2.49. The second-order valence-corrected chi connectivity index (χ2v) is 7.04. The van der Waals surface area contributed by atoms with Crippen LogP contribution in [0.5, 0.6) is 0 Å². The smallest absolute Gasteiger partial charge is 0.269 e. The molecule has 2 atom stereocenters. The van der Waals surface area contributed by atoms with Crippen molar-refractivity contribution in [3.63, 3.8) is 0 Å². The molecule has 2 fully saturated rings. The molecule has 0 unspecified atom stereocenters. The highest BCUT2D eigenvalue weighted by Crippen LogP contribution is 2.35. The summed E-state index contributed by atoms with van der Waals surface area (Å²) in [5.74, 6) is 0.434. The number of nitro groups is 1. The van der Waals surface area contributed by atoms with Crippen LogP contribution in [0.25, 0.3) is 0 Å². The standard InChI is InChI=1S/C12H15N3O4S/c16-15(17)10-1-3-11(4-2-10)20(18,19)14-8-9-5-6-13-7-12(9)14/h1-4,9,12-13H,5-8H2/t9-,12-/m0/s1. The highest BCUT2D eigenvalue weighted by Gasteiger charge is 2.46. The van der Waals surface area contributed by atoms with Crippen LogP contribution in [0.15, 0.2) is 29.2 Å². The van der Waals surface area contributed by atoms with Crippen molar-refractivity contribution >= 4 is 15.7 Å². The summed E-state index contributed by atoms with van der Waals surface area (Å²) >= 11 is 0. The third-order valence-electron chi connectivity index (χ3n) is 4.03. The summed E-state index contributed by atoms with van der Waals surface area (Å²) < 4.78 is 26.4. The van der Waals surface area contributed by atoms with Crippen molar-refractivity contribution in [3.8, 4) is 0 Å². The lowest BCUT2D eigenvalue weighted by molar-refractivity contribution is -0.384. The van der Waals surface area contributed by atoms with Crippen molar-refractivity contribution in [1.29, 1.82) is 0 Å². The Morgan fingerprint density at radius 2 is 2.00 bits per heavy atom. The Balaban J connectivity index is 1.83. The molecule has 7 nitrogen and oxygen atoms in total. The van der Waals surface area contributed by atoms with Gasteiger partial charge in [-0.15, -0.1) is 0 Å². The molecule has 0 spiro atoms. The molecule has 2 aliphatic heterocycles. The van der Waals surface area contributed by atoms with E-state index in [1.54, 1.807) is 0 Å². The number of piperidine rings is 1. The van der Waals surface area contributed by atoms with E-state index in [2.05, 4.69) is 5.32 Å². The van der Waals surface area contributed by atoms with E-state index < -0.39 is 14.9 Å². The molecule has 20 heavy (non-hydrogen) atoms. The number of hydrogen-bond donors (Lipinski definition) is 1. The van der Waals surface area contributed by atoms with E-state index in [0.29, 0.717) is 19.0 Å². The van der Waals surface area contributed by atoms with Crippen LogP contribution in [0.1, 0.15) is 6.42 Å². The minimum Gasteiger partial charge on any atom is -0.315 e. The normalized spacial score (nSPS) is 26.6. The first-order valence-electron chi connectivity index (χ1n) is 6.47. The zero-order chi connectivity index (χ0) is 14.3. The molecule has 2 heterocycles. The van der Waals surface area contributed by atoms with Gasteiger partial charge in [0.25, 0.3) is 5.69 Å². The number of fused-ring (bicyclic) bond motifs is 1. The van der Waals surface area contributed by atoms with Gasteiger partial charge in [-0.2, -0.15) is 4.31 Å². The Bertz CT molecular complexity index is 629. The van der Waals surface area contributed by atoms with Crippen LogP contribution in [-0.4, -0.2) is 43.3 Å². The SMILES string of the molecule is O=[N+]([O-])c1ccc(S(=O)(=O)N2C[C@@H]3CCNC[C@@H]32)cc1. The topological polar surface area (TPSA) is 92.5 Å². The molecule has 0 amide bonds. The number of benzene rings is 1. The Morgan fingerprint density at radius 3 is 2.60 bits per heavy atom. The van der Waals surface area contributed by atoms with Gasteiger partial charge in [-0.25, -0.2) is 8.42 Å². The third-order valence-corrected chi connectivity index (χ3v) is 5.93. The molecule has 2 saturated heterocycles. The molecule has 1 N–H and O–H groups in total. The summed E-state index contributed by atoms with van der Waals surface area (Å²) in [6.07, 6.45) is 0.997. The summed E-state index contributed by atoms with van der Waals surface area (Å²) in [5.41, 5.74) is -0.107. The summed E-state index contributed by atoms with van der Waals surface area (Å²) in [6, 6.07) is 5.07. The largest absolute Gasteiger partial charge is 0.315 e. The van der Waals surface area contributed by atoms with Crippen LogP contribution in [-0.2, 0) is 10.0 Å². The van der Waals surface area contributed by atoms with Gasteiger partial charge in [-0.3, -0.25) is 10.1 Å². The van der Waals surface area contributed by atoms with Crippen molar-refractivity contribution in [2.45, 2.75) is 17.4 Å². The molecule has 0 saturated carbocycles. The van der Waals surface area contributed by atoms with Gasteiger partial charge in [0, 0.05) is 31.3 Å². The van der Waals surface area contributed by atoms with Crippen LogP contribution >= 0.6 is 0 Å². The van der Waals surface area contributed by atoms with E-state index in [0.717, 1.165) is 13.0 Å². The quantitative estimate of drug-likeness (QED) is 0.650. The van der Waals surface area contributed by atoms with Crippen LogP contribution in [0.4, 0.5) is 5.69 Å². The minimum absolute atomic E-state index is 0.0175. The predicted molar refractivity (Wildman–Crippen MR) is 71.8 cm³/mol. The Morgan fingerprint density at radius 1 is 1.30 bits per heavy atom. The minimum atomic E-state index is -3.54. The van der Waals surface area contributed by atoms with Crippen molar-refractivity contribution in [2.75, 3.05) is 19.6 Å². The molecular formula is C12H15N3O4S. The van der Waals surface area contributed by atoms with Gasteiger partial charge in [-0.05, 0) is 31.0 Å². The molecule has 108 valence electrons. The van der Waals surface area contributed by atoms with Gasteiger partial charge in [0.1, 0.15) is 0 Å². The van der Waals surface area contributed by atoms with Gasteiger partial charge in [0.2, 0.25) is 10.0 Å². The highest BCUT2D eigenvalue weighted by molar-refractivity contribution is 7.89. The molecule has 1 aromatic rings. The van der Waals surface area contributed by atoms with Crippen molar-refractivity contribution in [1.82, 2.24) is 9.62 Å². The zero-order valence-electron chi connectivity index (χ0n) is 10.7. The van der Waals surface area contributed by atoms with Crippen molar-refractivity contribution in [2.24, 2.45) is 5.92 Å². The van der Waals surface area contributed by atoms with Gasteiger partial charge in [0.15, 0.2) is 0 Å². The van der Waals surface area contributed by atoms with E-state index >= 15 is 0 Å². The number of rotatable bonds is 3. The summed E-state index contributed by atoms with van der Waals surface area (Å²) in [7, 11) is -3.54. The number of hydrogen-bond acceptors (Lipinski definition) is 5. The number of nitrogens with zero attached hydrogens (tertiary/aromatic N) is 2. The summed E-state index contributed by atoms with van der Waals surface area (Å²) in [6.45, 7) is 2.16. The molecule has 0 aromatic heterocycles. The first-order chi connectivity index (χ1) is 9.50. The first-order valence-corrected chi connectivity index (χ1v) is 7.91. The third kappa shape index (κ3) is 2.09. The van der Waals surface area contributed by atoms with Crippen LogP contribution in [0, 0.1) is 16.0 Å². The first kappa shape index (κ1) is 13.5. The van der Waals surface area contributed by atoms with E-state index in [-0.39, 0.29) is 16.6 Å². The fourth-order valence-electron chi connectivity index (χ4n) is 2.83. The summed E-state index contributed by atoms with van der Waals surface area (Å²) in [4.78, 5) is 10.2.